The molecule has 6 nitrogen and oxygen atoms in total. The van der Waals surface area contributed by atoms with Gasteiger partial charge in [0, 0.05) is 5.69 Å². The Kier molecular flexibility index (Phi) is 5.44. The SMILES string of the molecule is Cc1c(NC(=O)OC(C)(C)C)ccc(OS(=O)(=O)C(F)(F)F)c1C. The number of carbonyl (C=O) groups is 1. The minimum absolute atomic E-state index is 0.136. The third-order valence-corrected chi connectivity index (χ3v) is 3.82. The van der Waals surface area contributed by atoms with Crippen molar-refractivity contribution in [1.82, 2.24) is 0 Å². The monoisotopic (exact) mass is 369 g/mol. The summed E-state index contributed by atoms with van der Waals surface area (Å²) < 4.78 is 68.4. The Morgan fingerprint density at radius 1 is 1.08 bits per heavy atom. The predicted octanol–water partition coefficient (Wildman–Crippen LogP) is 3.88. The van der Waals surface area contributed by atoms with Crippen LogP contribution in [0.25, 0.3) is 0 Å². The molecule has 0 radical (unpaired) electrons. The molecule has 0 unspecified atom stereocenters. The normalized spacial score (nSPS) is 12.7. The smallest absolute Gasteiger partial charge is 0.444 e. The number of hydrogen-bond acceptors (Lipinski definition) is 5. The molecule has 24 heavy (non-hydrogen) atoms. The first kappa shape index (κ1) is 20.1. The van der Waals surface area contributed by atoms with Gasteiger partial charge in [-0.2, -0.15) is 21.6 Å². The fourth-order valence-corrected chi connectivity index (χ4v) is 2.11. The number of nitrogens with one attached hydrogen (secondary N) is 1. The summed E-state index contributed by atoms with van der Waals surface area (Å²) in [4.78, 5) is 11.7. The van der Waals surface area contributed by atoms with Crippen LogP contribution < -0.4 is 9.50 Å². The van der Waals surface area contributed by atoms with Gasteiger partial charge < -0.3 is 8.92 Å². The Balaban J connectivity index is 3.05. The molecule has 0 bridgehead atoms. The molecule has 10 heteroatoms. The van der Waals surface area contributed by atoms with E-state index in [1.807, 2.05) is 0 Å². The van der Waals surface area contributed by atoms with Gasteiger partial charge in [0.05, 0.1) is 0 Å². The van der Waals surface area contributed by atoms with Crippen LogP contribution >= 0.6 is 0 Å². The first-order valence-electron chi connectivity index (χ1n) is 6.75. The van der Waals surface area contributed by atoms with E-state index in [1.54, 1.807) is 20.8 Å². The van der Waals surface area contributed by atoms with Crippen LogP contribution in [0.4, 0.5) is 23.7 Å². The number of anilines is 1. The van der Waals surface area contributed by atoms with Crippen molar-refractivity contribution in [3.05, 3.63) is 23.3 Å². The molecule has 1 rings (SSSR count). The van der Waals surface area contributed by atoms with Crippen LogP contribution in [-0.4, -0.2) is 25.6 Å². The van der Waals surface area contributed by atoms with Crippen molar-refractivity contribution in [3.63, 3.8) is 0 Å². The van der Waals surface area contributed by atoms with E-state index >= 15 is 0 Å². The lowest BCUT2D eigenvalue weighted by Crippen LogP contribution is -2.28. The Morgan fingerprint density at radius 2 is 1.62 bits per heavy atom. The molecule has 0 atom stereocenters. The van der Waals surface area contributed by atoms with Crippen molar-refractivity contribution in [2.45, 2.75) is 45.7 Å². The molecule has 136 valence electrons. The van der Waals surface area contributed by atoms with Crippen LogP contribution in [0.3, 0.4) is 0 Å². The van der Waals surface area contributed by atoms with Crippen molar-refractivity contribution in [2.24, 2.45) is 0 Å². The van der Waals surface area contributed by atoms with Crippen molar-refractivity contribution < 1.29 is 35.3 Å². The molecule has 0 saturated heterocycles. The molecule has 1 N–H and O–H groups in total. The van der Waals surface area contributed by atoms with E-state index in [1.165, 1.54) is 19.9 Å². The number of alkyl halides is 3. The van der Waals surface area contributed by atoms with Crippen LogP contribution in [0.5, 0.6) is 5.75 Å². The fraction of sp³-hybridized carbons (Fsp3) is 0.500. The number of rotatable bonds is 3. The van der Waals surface area contributed by atoms with Gasteiger partial charge in [-0.3, -0.25) is 5.32 Å². The molecule has 1 aromatic rings. The minimum Gasteiger partial charge on any atom is -0.444 e. The molecule has 0 fully saturated rings. The fourth-order valence-electron chi connectivity index (χ4n) is 1.60. The minimum atomic E-state index is -5.76. The van der Waals surface area contributed by atoms with Gasteiger partial charge in [0.15, 0.2) is 0 Å². The zero-order valence-corrected chi connectivity index (χ0v) is 14.6. The molecule has 0 aliphatic heterocycles. The topological polar surface area (TPSA) is 81.7 Å². The summed E-state index contributed by atoms with van der Waals surface area (Å²) in [6.45, 7) is 7.88. The molecule has 1 aromatic carbocycles. The van der Waals surface area contributed by atoms with Crippen LogP contribution in [0.2, 0.25) is 0 Å². The Hall–Kier alpha value is -1.97. The number of halogens is 3. The van der Waals surface area contributed by atoms with Crippen molar-refractivity contribution in [1.29, 1.82) is 0 Å². The summed E-state index contributed by atoms with van der Waals surface area (Å²) in [7, 11) is -5.76. The van der Waals surface area contributed by atoms with Crippen LogP contribution in [0.15, 0.2) is 12.1 Å². The number of carbonyl (C=O) groups excluding carboxylic acids is 1. The largest absolute Gasteiger partial charge is 0.534 e. The second-order valence-corrected chi connectivity index (χ2v) is 7.51. The zero-order chi connectivity index (χ0) is 18.9. The first-order chi connectivity index (χ1) is 10.6. The second-order valence-electron chi connectivity index (χ2n) is 5.97. The average Bonchev–Trinajstić information content (AvgIpc) is 2.35. The highest BCUT2D eigenvalue weighted by molar-refractivity contribution is 7.88. The molecular weight excluding hydrogens is 351 g/mol. The lowest BCUT2D eigenvalue weighted by Gasteiger charge is -2.21. The van der Waals surface area contributed by atoms with E-state index in [-0.39, 0.29) is 11.3 Å². The maximum absolute atomic E-state index is 12.4. The van der Waals surface area contributed by atoms with Gasteiger partial charge in [-0.05, 0) is 57.9 Å². The van der Waals surface area contributed by atoms with E-state index in [0.29, 0.717) is 5.56 Å². The number of hydrogen-bond donors (Lipinski definition) is 1. The van der Waals surface area contributed by atoms with Gasteiger partial charge in [0.25, 0.3) is 0 Å². The van der Waals surface area contributed by atoms with Crippen molar-refractivity contribution in [3.8, 4) is 5.75 Å². The van der Waals surface area contributed by atoms with E-state index in [4.69, 9.17) is 4.74 Å². The van der Waals surface area contributed by atoms with Crippen LogP contribution in [0, 0.1) is 13.8 Å². The van der Waals surface area contributed by atoms with Gasteiger partial charge in [0.2, 0.25) is 0 Å². The summed E-state index contributed by atoms with van der Waals surface area (Å²) >= 11 is 0. The zero-order valence-electron chi connectivity index (χ0n) is 13.7. The third-order valence-electron chi connectivity index (χ3n) is 2.86. The Bertz CT molecular complexity index is 736. The van der Waals surface area contributed by atoms with Crippen LogP contribution in [0.1, 0.15) is 31.9 Å². The van der Waals surface area contributed by atoms with Crippen molar-refractivity contribution >= 4 is 21.9 Å². The summed E-state index contributed by atoms with van der Waals surface area (Å²) in [5, 5.41) is 2.44. The molecule has 1 amide bonds. The van der Waals surface area contributed by atoms with Gasteiger partial charge in [-0.25, -0.2) is 4.79 Å². The molecule has 0 aromatic heterocycles. The van der Waals surface area contributed by atoms with Gasteiger partial charge >= 0.3 is 21.7 Å². The number of amides is 1. The van der Waals surface area contributed by atoms with Gasteiger partial charge in [-0.1, -0.05) is 0 Å². The lowest BCUT2D eigenvalue weighted by atomic mass is 10.1. The van der Waals surface area contributed by atoms with E-state index in [9.17, 15) is 26.4 Å². The lowest BCUT2D eigenvalue weighted by molar-refractivity contribution is -0.0500. The summed E-state index contributed by atoms with van der Waals surface area (Å²) in [6.07, 6.45) is -0.749. The first-order valence-corrected chi connectivity index (χ1v) is 8.16. The standard InChI is InChI=1S/C14H18F3NO5S/c1-8-9(2)11(23-24(20,21)14(15,16)17)7-6-10(8)18-12(19)22-13(3,4)5/h6-7H,1-5H3,(H,18,19). The summed E-state index contributed by atoms with van der Waals surface area (Å²) in [5.74, 6) is -0.473. The molecule has 0 aliphatic carbocycles. The third kappa shape index (κ3) is 5.02. The highest BCUT2D eigenvalue weighted by Crippen LogP contribution is 2.32. The molecular formula is C14H18F3NO5S. The number of benzene rings is 1. The maximum atomic E-state index is 12.4. The highest BCUT2D eigenvalue weighted by Gasteiger charge is 2.48. The number of ether oxygens (including phenoxy) is 1. The highest BCUT2D eigenvalue weighted by atomic mass is 32.2. The van der Waals surface area contributed by atoms with E-state index < -0.39 is 33.1 Å². The predicted molar refractivity (Wildman–Crippen MR) is 81.4 cm³/mol. The van der Waals surface area contributed by atoms with Crippen molar-refractivity contribution in [2.75, 3.05) is 5.32 Å². The second kappa shape index (κ2) is 6.50. The molecule has 0 saturated carbocycles. The van der Waals surface area contributed by atoms with E-state index in [2.05, 4.69) is 9.50 Å². The Labute approximate surface area is 138 Å². The molecule has 0 aliphatic rings. The van der Waals surface area contributed by atoms with E-state index in [0.717, 1.165) is 6.07 Å². The Morgan fingerprint density at radius 3 is 2.08 bits per heavy atom. The van der Waals surface area contributed by atoms with Crippen LogP contribution in [-0.2, 0) is 14.9 Å². The summed E-state index contributed by atoms with van der Waals surface area (Å²) in [5.41, 5.74) is -5.51. The summed E-state index contributed by atoms with van der Waals surface area (Å²) in [6, 6.07) is 2.26. The average molecular weight is 369 g/mol. The maximum Gasteiger partial charge on any atom is 0.534 e. The molecule has 0 heterocycles. The molecule has 0 spiro atoms. The van der Waals surface area contributed by atoms with Gasteiger partial charge in [0.1, 0.15) is 11.4 Å². The quantitative estimate of drug-likeness (QED) is 0.646. The van der Waals surface area contributed by atoms with Gasteiger partial charge in [-0.15, -0.1) is 0 Å².